The first-order valence-electron chi connectivity index (χ1n) is 8.89. The highest BCUT2D eigenvalue weighted by molar-refractivity contribution is 8.11. The average molecular weight is 412 g/mol. The van der Waals surface area contributed by atoms with Crippen LogP contribution in [0, 0.1) is 0 Å². The van der Waals surface area contributed by atoms with Crippen LogP contribution >= 0.6 is 11.9 Å². The molecule has 0 bridgehead atoms. The Balaban J connectivity index is 2.42. The molecule has 148 valence electrons. The molecule has 1 aliphatic rings. The van der Waals surface area contributed by atoms with Gasteiger partial charge < -0.3 is 0 Å². The quantitative estimate of drug-likeness (QED) is 0.521. The van der Waals surface area contributed by atoms with Crippen LogP contribution in [0.4, 0.5) is 4.79 Å². The molecule has 2 unspecified atom stereocenters. The molecule has 1 saturated carbocycles. The minimum absolute atomic E-state index is 0.244. The van der Waals surface area contributed by atoms with E-state index in [-0.39, 0.29) is 13.0 Å². The SMILES string of the molecule is CCCCCN(C(=O)SNC)C(=O)C1(N=S(=O)=O)CC1(C)c1ccccc1. The van der Waals surface area contributed by atoms with Gasteiger partial charge in [0, 0.05) is 23.9 Å². The lowest BCUT2D eigenvalue weighted by molar-refractivity contribution is -0.130. The first-order valence-corrected chi connectivity index (χ1v) is 10.7. The predicted molar refractivity (Wildman–Crippen MR) is 106 cm³/mol. The lowest BCUT2D eigenvalue weighted by Crippen LogP contribution is -2.46. The summed E-state index contributed by atoms with van der Waals surface area (Å²) in [6.07, 6.45) is 2.72. The van der Waals surface area contributed by atoms with Crippen LogP contribution in [0.1, 0.15) is 45.1 Å². The Bertz CT molecular complexity index is 820. The third-order valence-electron chi connectivity index (χ3n) is 5.03. The van der Waals surface area contributed by atoms with Crippen molar-refractivity contribution in [2.24, 2.45) is 4.36 Å². The third kappa shape index (κ3) is 4.41. The van der Waals surface area contributed by atoms with E-state index in [9.17, 15) is 18.0 Å². The zero-order chi connectivity index (χ0) is 20.1. The number of amides is 2. The van der Waals surface area contributed by atoms with E-state index >= 15 is 0 Å². The van der Waals surface area contributed by atoms with E-state index < -0.39 is 32.6 Å². The van der Waals surface area contributed by atoms with E-state index in [1.54, 1.807) is 7.05 Å². The lowest BCUT2D eigenvalue weighted by Gasteiger charge is -2.25. The van der Waals surface area contributed by atoms with Crippen LogP contribution in [0.5, 0.6) is 0 Å². The van der Waals surface area contributed by atoms with Crippen molar-refractivity contribution in [3.05, 3.63) is 35.9 Å². The Labute approximate surface area is 165 Å². The number of nitrogens with one attached hydrogen (secondary N) is 1. The summed E-state index contributed by atoms with van der Waals surface area (Å²) in [5.41, 5.74) is -1.41. The van der Waals surface area contributed by atoms with Gasteiger partial charge in [-0.05, 0) is 25.5 Å². The van der Waals surface area contributed by atoms with Crippen molar-refractivity contribution in [2.45, 2.75) is 50.5 Å². The molecular weight excluding hydrogens is 386 g/mol. The average Bonchev–Trinajstić information content (AvgIpc) is 3.25. The smallest absolute Gasteiger partial charge is 0.271 e. The van der Waals surface area contributed by atoms with Crippen molar-refractivity contribution < 1.29 is 18.0 Å². The van der Waals surface area contributed by atoms with Crippen LogP contribution in [-0.4, -0.2) is 43.6 Å². The van der Waals surface area contributed by atoms with Crippen LogP contribution < -0.4 is 4.72 Å². The fraction of sp³-hybridized carbons (Fsp3) is 0.556. The molecule has 1 aliphatic carbocycles. The monoisotopic (exact) mass is 411 g/mol. The number of carbonyl (C=O) groups excluding carboxylic acids is 2. The van der Waals surface area contributed by atoms with Gasteiger partial charge in [-0.15, -0.1) is 0 Å². The number of benzene rings is 1. The molecule has 0 radical (unpaired) electrons. The second-order valence-electron chi connectivity index (χ2n) is 6.78. The number of unbranched alkanes of at least 4 members (excludes halogenated alkanes) is 2. The fourth-order valence-electron chi connectivity index (χ4n) is 3.39. The standard InChI is InChI=1S/C18H25N3O4S2/c1-4-5-9-12-21(16(23)26-19-3)15(22)18(20-27(24)25)13-17(18,2)14-10-7-6-8-11-14/h6-8,10-11,19H,4-5,9,12-13H2,1-3H3. The molecule has 0 saturated heterocycles. The number of imide groups is 1. The highest BCUT2D eigenvalue weighted by Crippen LogP contribution is 2.61. The normalized spacial score (nSPS) is 23.5. The zero-order valence-corrected chi connectivity index (χ0v) is 17.4. The molecule has 2 amide bonds. The molecule has 0 aliphatic heterocycles. The molecule has 1 aromatic carbocycles. The van der Waals surface area contributed by atoms with Gasteiger partial charge in [0.15, 0.2) is 5.54 Å². The Hall–Kier alpha value is -1.71. The summed E-state index contributed by atoms with van der Waals surface area (Å²) in [6.45, 7) is 4.09. The van der Waals surface area contributed by atoms with Gasteiger partial charge in [0.25, 0.3) is 5.91 Å². The summed E-state index contributed by atoms with van der Waals surface area (Å²) in [5.74, 6) is -0.554. The van der Waals surface area contributed by atoms with E-state index in [0.29, 0.717) is 6.42 Å². The Morgan fingerprint density at radius 2 is 1.93 bits per heavy atom. The summed E-state index contributed by atoms with van der Waals surface area (Å²) in [4.78, 5) is 27.0. The second-order valence-corrected chi connectivity index (χ2v) is 8.36. The van der Waals surface area contributed by atoms with Crippen molar-refractivity contribution in [1.82, 2.24) is 9.62 Å². The molecule has 27 heavy (non-hydrogen) atoms. The van der Waals surface area contributed by atoms with Gasteiger partial charge in [-0.1, -0.05) is 57.0 Å². The topological polar surface area (TPSA) is 95.9 Å². The molecule has 2 rings (SSSR count). The summed E-state index contributed by atoms with van der Waals surface area (Å²) in [7, 11) is -1.17. The second kappa shape index (κ2) is 8.99. The molecule has 2 atom stereocenters. The van der Waals surface area contributed by atoms with Crippen molar-refractivity contribution >= 4 is 33.6 Å². The summed E-state index contributed by atoms with van der Waals surface area (Å²) >= 11 is 0.805. The number of hydrogen-bond acceptors (Lipinski definition) is 7. The van der Waals surface area contributed by atoms with Crippen molar-refractivity contribution in [3.63, 3.8) is 0 Å². The highest BCUT2D eigenvalue weighted by atomic mass is 32.2. The van der Waals surface area contributed by atoms with E-state index in [4.69, 9.17) is 0 Å². The van der Waals surface area contributed by atoms with Gasteiger partial charge in [0.2, 0.25) is 0 Å². The molecule has 0 aromatic heterocycles. The number of hydrogen-bond donors (Lipinski definition) is 1. The largest absolute Gasteiger partial charge is 0.312 e. The van der Waals surface area contributed by atoms with Gasteiger partial charge >= 0.3 is 15.7 Å². The van der Waals surface area contributed by atoms with Crippen LogP contribution in [0.3, 0.4) is 0 Å². The van der Waals surface area contributed by atoms with Gasteiger partial charge in [0.1, 0.15) is 0 Å². The maximum Gasteiger partial charge on any atom is 0.312 e. The minimum atomic E-state index is -2.76. The Morgan fingerprint density at radius 1 is 1.26 bits per heavy atom. The molecule has 7 nitrogen and oxygen atoms in total. The van der Waals surface area contributed by atoms with Crippen molar-refractivity contribution in [1.29, 1.82) is 0 Å². The predicted octanol–water partition coefficient (Wildman–Crippen LogP) is 3.16. The van der Waals surface area contributed by atoms with Gasteiger partial charge in [-0.25, -0.2) is 0 Å². The molecule has 0 heterocycles. The summed E-state index contributed by atoms with van der Waals surface area (Å²) in [6, 6.07) is 9.23. The molecule has 9 heteroatoms. The number of nitrogens with zero attached hydrogens (tertiary/aromatic N) is 2. The van der Waals surface area contributed by atoms with Crippen molar-refractivity contribution in [2.75, 3.05) is 13.6 Å². The van der Waals surface area contributed by atoms with Crippen LogP contribution in [0.2, 0.25) is 0 Å². The lowest BCUT2D eigenvalue weighted by atomic mass is 9.92. The minimum Gasteiger partial charge on any atom is -0.271 e. The maximum absolute atomic E-state index is 13.4. The summed E-state index contributed by atoms with van der Waals surface area (Å²) in [5, 5.41) is -0.452. The molecule has 1 aromatic rings. The Kier molecular flexibility index (Phi) is 7.19. The van der Waals surface area contributed by atoms with E-state index in [1.165, 1.54) is 0 Å². The first-order chi connectivity index (χ1) is 12.8. The van der Waals surface area contributed by atoms with E-state index in [2.05, 4.69) is 9.08 Å². The fourth-order valence-corrected chi connectivity index (χ4v) is 4.44. The Morgan fingerprint density at radius 3 is 2.48 bits per heavy atom. The van der Waals surface area contributed by atoms with Crippen LogP contribution in [0.15, 0.2) is 34.7 Å². The molecular formula is C18H25N3O4S2. The molecule has 0 spiro atoms. The summed E-state index contributed by atoms with van der Waals surface area (Å²) < 4.78 is 29.3. The molecule has 1 fully saturated rings. The van der Waals surface area contributed by atoms with Crippen molar-refractivity contribution in [3.8, 4) is 0 Å². The van der Waals surface area contributed by atoms with Gasteiger partial charge in [-0.2, -0.15) is 12.8 Å². The zero-order valence-electron chi connectivity index (χ0n) is 15.8. The van der Waals surface area contributed by atoms with Crippen LogP contribution in [0.25, 0.3) is 0 Å². The molecule has 1 N–H and O–H groups in total. The first kappa shape index (κ1) is 21.6. The number of carbonyl (C=O) groups is 2. The van der Waals surface area contributed by atoms with E-state index in [0.717, 1.165) is 35.3 Å². The third-order valence-corrected chi connectivity index (χ3v) is 6.09. The number of rotatable bonds is 8. The van der Waals surface area contributed by atoms with Gasteiger partial charge in [0.05, 0.1) is 0 Å². The highest BCUT2D eigenvalue weighted by Gasteiger charge is 2.72. The maximum atomic E-state index is 13.4. The van der Waals surface area contributed by atoms with E-state index in [1.807, 2.05) is 44.2 Å². The van der Waals surface area contributed by atoms with Gasteiger partial charge in [-0.3, -0.25) is 19.2 Å². The van der Waals surface area contributed by atoms with Crippen LogP contribution in [-0.2, 0) is 20.7 Å².